The van der Waals surface area contributed by atoms with Crippen molar-refractivity contribution in [2.45, 2.75) is 25.5 Å². The maximum Gasteiger partial charge on any atom is 0.276 e. The number of carbonyl (C=O) groups is 1. The molecule has 8 heteroatoms. The van der Waals surface area contributed by atoms with Crippen molar-refractivity contribution in [1.82, 2.24) is 19.9 Å². The fraction of sp³-hybridized carbons (Fsp3) is 0.471. The fourth-order valence-corrected chi connectivity index (χ4v) is 3.25. The molecule has 8 nitrogen and oxygen atoms in total. The number of aromatic nitrogens is 3. The first kappa shape index (κ1) is 16.0. The molecule has 132 valence electrons. The van der Waals surface area contributed by atoms with E-state index in [1.165, 1.54) is 10.3 Å². The van der Waals surface area contributed by atoms with Crippen molar-refractivity contribution in [3.05, 3.63) is 41.6 Å². The molecule has 25 heavy (non-hydrogen) atoms. The normalized spacial score (nSPS) is 24.2. The minimum absolute atomic E-state index is 0.170. The second-order valence-corrected chi connectivity index (χ2v) is 6.47. The van der Waals surface area contributed by atoms with Gasteiger partial charge >= 0.3 is 0 Å². The number of aliphatic hydroxyl groups excluding tert-OH is 1. The van der Waals surface area contributed by atoms with Crippen LogP contribution >= 0.6 is 0 Å². The number of nitrogens with zero attached hydrogens (tertiary/aromatic N) is 4. The summed E-state index contributed by atoms with van der Waals surface area (Å²) in [7, 11) is 0. The van der Waals surface area contributed by atoms with Gasteiger partial charge in [-0.3, -0.25) is 4.79 Å². The van der Waals surface area contributed by atoms with Gasteiger partial charge in [0.1, 0.15) is 17.9 Å². The van der Waals surface area contributed by atoms with E-state index < -0.39 is 6.10 Å². The maximum atomic E-state index is 12.8. The van der Waals surface area contributed by atoms with Gasteiger partial charge in [0, 0.05) is 18.7 Å². The number of hydrogen-bond acceptors (Lipinski definition) is 6. The van der Waals surface area contributed by atoms with Gasteiger partial charge in [0.15, 0.2) is 5.69 Å². The predicted octanol–water partition coefficient (Wildman–Crippen LogP) is 1.12. The third-order valence-electron chi connectivity index (χ3n) is 4.82. The molecule has 2 aromatic rings. The molecule has 2 aromatic heterocycles. The van der Waals surface area contributed by atoms with Crippen LogP contribution in [0.15, 0.2) is 34.6 Å². The van der Waals surface area contributed by atoms with Crippen LogP contribution in [-0.2, 0) is 4.74 Å². The average Bonchev–Trinajstić information content (AvgIpc) is 3.36. The molecule has 2 atom stereocenters. The Balaban J connectivity index is 1.51. The number of ether oxygens (including phenoxy) is 1. The van der Waals surface area contributed by atoms with E-state index in [9.17, 15) is 9.90 Å². The summed E-state index contributed by atoms with van der Waals surface area (Å²) in [5.41, 5.74) is 2.54. The highest BCUT2D eigenvalue weighted by atomic mass is 16.5. The Hall–Kier alpha value is -2.45. The van der Waals surface area contributed by atoms with Crippen molar-refractivity contribution in [1.29, 1.82) is 0 Å². The summed E-state index contributed by atoms with van der Waals surface area (Å²) in [5.74, 6) is 0.626. The van der Waals surface area contributed by atoms with Gasteiger partial charge < -0.3 is 19.2 Å². The zero-order valence-electron chi connectivity index (χ0n) is 14.0. The van der Waals surface area contributed by atoms with Gasteiger partial charge in [-0.05, 0) is 25.5 Å². The van der Waals surface area contributed by atoms with Crippen molar-refractivity contribution in [2.24, 2.45) is 0 Å². The van der Waals surface area contributed by atoms with Crippen LogP contribution in [0, 0.1) is 0 Å². The molecule has 2 aliphatic rings. The highest BCUT2D eigenvalue weighted by Crippen LogP contribution is 2.27. The molecule has 1 saturated heterocycles. The number of aliphatic hydroxyl groups is 1. The summed E-state index contributed by atoms with van der Waals surface area (Å²) in [6.07, 6.45) is 3.39. The van der Waals surface area contributed by atoms with E-state index in [0.29, 0.717) is 19.7 Å². The van der Waals surface area contributed by atoms with Gasteiger partial charge in [-0.25, -0.2) is 4.68 Å². The van der Waals surface area contributed by atoms with Crippen LogP contribution in [-0.4, -0.2) is 63.3 Å². The first-order valence-electron chi connectivity index (χ1n) is 8.33. The van der Waals surface area contributed by atoms with Crippen molar-refractivity contribution in [3.8, 4) is 0 Å². The van der Waals surface area contributed by atoms with Gasteiger partial charge in [-0.1, -0.05) is 10.8 Å². The predicted molar refractivity (Wildman–Crippen MR) is 87.7 cm³/mol. The highest BCUT2D eigenvalue weighted by Gasteiger charge is 2.31. The monoisotopic (exact) mass is 344 g/mol. The van der Waals surface area contributed by atoms with Crippen molar-refractivity contribution in [2.75, 3.05) is 26.3 Å². The van der Waals surface area contributed by atoms with Crippen molar-refractivity contribution >= 4 is 11.5 Å². The van der Waals surface area contributed by atoms with Crippen LogP contribution in [0.4, 0.5) is 0 Å². The molecule has 4 rings (SSSR count). The number of amides is 1. The Morgan fingerprint density at radius 2 is 2.28 bits per heavy atom. The zero-order valence-corrected chi connectivity index (χ0v) is 14.0. The van der Waals surface area contributed by atoms with Gasteiger partial charge in [0.05, 0.1) is 25.7 Å². The third kappa shape index (κ3) is 2.98. The van der Waals surface area contributed by atoms with Crippen LogP contribution in [0.25, 0.3) is 5.57 Å². The Kier molecular flexibility index (Phi) is 4.14. The molecule has 1 N–H and O–H groups in total. The maximum absolute atomic E-state index is 12.8. The molecular weight excluding hydrogens is 324 g/mol. The smallest absolute Gasteiger partial charge is 0.276 e. The molecule has 0 spiro atoms. The van der Waals surface area contributed by atoms with Gasteiger partial charge in [-0.2, -0.15) is 0 Å². The van der Waals surface area contributed by atoms with E-state index >= 15 is 0 Å². The van der Waals surface area contributed by atoms with Crippen LogP contribution in [0.1, 0.15) is 35.6 Å². The summed E-state index contributed by atoms with van der Waals surface area (Å²) in [6, 6.07) is 3.46. The minimum atomic E-state index is -0.629. The van der Waals surface area contributed by atoms with Gasteiger partial charge in [-0.15, -0.1) is 5.10 Å². The Bertz CT molecular complexity index is 795. The highest BCUT2D eigenvalue weighted by molar-refractivity contribution is 5.93. The molecule has 4 heterocycles. The molecule has 1 amide bonds. The zero-order chi connectivity index (χ0) is 17.4. The van der Waals surface area contributed by atoms with Crippen LogP contribution in [0.2, 0.25) is 0 Å². The van der Waals surface area contributed by atoms with Crippen molar-refractivity contribution < 1.29 is 19.1 Å². The van der Waals surface area contributed by atoms with E-state index in [-0.39, 0.29) is 24.2 Å². The lowest BCUT2D eigenvalue weighted by molar-refractivity contribution is 0.0766. The van der Waals surface area contributed by atoms with Crippen LogP contribution in [0.5, 0.6) is 0 Å². The molecule has 0 aromatic carbocycles. The Morgan fingerprint density at radius 3 is 3.00 bits per heavy atom. The van der Waals surface area contributed by atoms with E-state index in [1.54, 1.807) is 17.4 Å². The van der Waals surface area contributed by atoms with E-state index in [4.69, 9.17) is 9.15 Å². The minimum Gasteiger partial charge on any atom is -0.465 e. The second-order valence-electron chi connectivity index (χ2n) is 6.47. The van der Waals surface area contributed by atoms with Crippen LogP contribution < -0.4 is 0 Å². The molecule has 1 fully saturated rings. The molecule has 0 saturated carbocycles. The Labute approximate surface area is 144 Å². The van der Waals surface area contributed by atoms with Gasteiger partial charge in [0.25, 0.3) is 5.91 Å². The molecule has 0 unspecified atom stereocenters. The standard InChI is InChI=1S/C17H20N4O4/c1-11-4-5-20(7-12(11)16-3-2-6-25-16)17(23)13-8-21(19-18-13)14-9-24-10-15(14)22/h2-3,6,8,14-15,22H,4-5,7,9-10H2,1H3/t14-,15-/m1/s1. The average molecular weight is 344 g/mol. The summed E-state index contributed by atoms with van der Waals surface area (Å²) in [5, 5.41) is 17.9. The third-order valence-corrected chi connectivity index (χ3v) is 4.82. The quantitative estimate of drug-likeness (QED) is 0.897. The van der Waals surface area contributed by atoms with E-state index in [2.05, 4.69) is 17.2 Å². The van der Waals surface area contributed by atoms with E-state index in [0.717, 1.165) is 17.8 Å². The number of rotatable bonds is 3. The second kappa shape index (κ2) is 6.45. The Morgan fingerprint density at radius 1 is 1.40 bits per heavy atom. The molecule has 0 bridgehead atoms. The van der Waals surface area contributed by atoms with Crippen molar-refractivity contribution in [3.63, 3.8) is 0 Å². The molecule has 2 aliphatic heterocycles. The summed E-state index contributed by atoms with van der Waals surface area (Å²) in [4.78, 5) is 14.5. The number of furan rings is 1. The molecule has 0 aliphatic carbocycles. The fourth-order valence-electron chi connectivity index (χ4n) is 3.25. The number of hydrogen-bond donors (Lipinski definition) is 1. The summed E-state index contributed by atoms with van der Waals surface area (Å²) >= 11 is 0. The number of carbonyl (C=O) groups excluding carboxylic acids is 1. The van der Waals surface area contributed by atoms with E-state index in [1.807, 2.05) is 12.1 Å². The molecule has 0 radical (unpaired) electrons. The lowest BCUT2D eigenvalue weighted by Gasteiger charge is -2.28. The summed E-state index contributed by atoms with van der Waals surface area (Å²) in [6.45, 7) is 3.83. The molecular formula is C17H20N4O4. The lowest BCUT2D eigenvalue weighted by Crippen LogP contribution is -2.36. The van der Waals surface area contributed by atoms with Gasteiger partial charge in [0.2, 0.25) is 0 Å². The first-order chi connectivity index (χ1) is 12.1. The summed E-state index contributed by atoms with van der Waals surface area (Å²) < 4.78 is 12.2. The van der Waals surface area contributed by atoms with Crippen LogP contribution in [0.3, 0.4) is 0 Å². The first-order valence-corrected chi connectivity index (χ1v) is 8.33. The topological polar surface area (TPSA) is 93.6 Å². The largest absolute Gasteiger partial charge is 0.465 e. The SMILES string of the molecule is CC1=C(c2ccco2)CN(C(=O)c2cn([C@@H]3COC[C@H]3O)nn2)CC1. The lowest BCUT2D eigenvalue weighted by atomic mass is 9.99.